The molecule has 0 aliphatic carbocycles. The first kappa shape index (κ1) is 10.1. The quantitative estimate of drug-likeness (QED) is 0.721. The number of hydrogen-bond donors (Lipinski definition) is 1. The molecule has 0 aromatic heterocycles. The molecule has 0 fully saturated rings. The normalized spacial score (nSPS) is 22.4. The summed E-state index contributed by atoms with van der Waals surface area (Å²) >= 11 is 0. The van der Waals surface area contributed by atoms with Crippen LogP contribution in [0.1, 0.15) is 46.0 Å². The largest absolute Gasteiger partial charge is 0.385 e. The molecule has 1 aliphatic heterocycles. The second-order valence-electron chi connectivity index (χ2n) is 3.74. The number of nitriles is 1. The van der Waals surface area contributed by atoms with Crippen molar-refractivity contribution in [3.05, 3.63) is 11.3 Å². The lowest BCUT2D eigenvalue weighted by Crippen LogP contribution is -2.31. The molecule has 0 radical (unpaired) electrons. The van der Waals surface area contributed by atoms with Crippen molar-refractivity contribution < 1.29 is 0 Å². The van der Waals surface area contributed by atoms with Crippen molar-refractivity contribution in [1.29, 1.82) is 5.26 Å². The molecule has 0 bridgehead atoms. The van der Waals surface area contributed by atoms with Crippen LogP contribution in [0.2, 0.25) is 0 Å². The molecule has 1 N–H and O–H groups in total. The Balaban J connectivity index is 2.44. The number of allylic oxidation sites excluding steroid dienone is 2. The van der Waals surface area contributed by atoms with Gasteiger partial charge < -0.3 is 5.32 Å². The molecule has 0 saturated carbocycles. The van der Waals surface area contributed by atoms with E-state index in [1.807, 2.05) is 6.92 Å². The molecule has 1 rings (SSSR count). The fraction of sp³-hybridized carbons (Fsp3) is 0.727. The minimum absolute atomic E-state index is 0.608. The molecule has 0 saturated heterocycles. The van der Waals surface area contributed by atoms with Gasteiger partial charge in [0.1, 0.15) is 0 Å². The zero-order valence-corrected chi connectivity index (χ0v) is 8.56. The third-order valence-electron chi connectivity index (χ3n) is 2.66. The van der Waals surface area contributed by atoms with Gasteiger partial charge in [-0.1, -0.05) is 19.8 Å². The maximum atomic E-state index is 8.78. The summed E-state index contributed by atoms with van der Waals surface area (Å²) in [5.74, 6) is 0. The van der Waals surface area contributed by atoms with E-state index in [9.17, 15) is 0 Å². The molecule has 1 heterocycles. The van der Waals surface area contributed by atoms with Crippen molar-refractivity contribution in [2.24, 2.45) is 0 Å². The van der Waals surface area contributed by atoms with Crippen LogP contribution in [0.25, 0.3) is 0 Å². The first-order valence-electron chi connectivity index (χ1n) is 5.14. The van der Waals surface area contributed by atoms with Gasteiger partial charge in [-0.15, -0.1) is 0 Å². The van der Waals surface area contributed by atoms with E-state index in [-0.39, 0.29) is 0 Å². The van der Waals surface area contributed by atoms with Crippen LogP contribution in [-0.2, 0) is 0 Å². The molecule has 1 aliphatic rings. The van der Waals surface area contributed by atoms with Gasteiger partial charge in [-0.2, -0.15) is 5.26 Å². The molecule has 0 amide bonds. The summed E-state index contributed by atoms with van der Waals surface area (Å²) in [5, 5.41) is 12.2. The van der Waals surface area contributed by atoms with E-state index in [0.29, 0.717) is 6.04 Å². The van der Waals surface area contributed by atoms with E-state index in [1.54, 1.807) is 0 Å². The SMILES string of the molecule is CCCC[C@@H]1CCC(C#N)=C(C)N1. The second kappa shape index (κ2) is 4.91. The third-order valence-corrected chi connectivity index (χ3v) is 2.66. The Morgan fingerprint density at radius 1 is 1.62 bits per heavy atom. The number of hydrogen-bond acceptors (Lipinski definition) is 2. The number of nitrogens with zero attached hydrogens (tertiary/aromatic N) is 1. The highest BCUT2D eigenvalue weighted by molar-refractivity contribution is 5.28. The van der Waals surface area contributed by atoms with Crippen molar-refractivity contribution in [1.82, 2.24) is 5.32 Å². The van der Waals surface area contributed by atoms with Crippen LogP contribution in [0.5, 0.6) is 0 Å². The summed E-state index contributed by atoms with van der Waals surface area (Å²) in [5.41, 5.74) is 2.03. The van der Waals surface area contributed by atoms with Gasteiger partial charge in [-0.05, 0) is 26.2 Å². The van der Waals surface area contributed by atoms with Gasteiger partial charge in [0.05, 0.1) is 6.07 Å². The average Bonchev–Trinajstić information content (AvgIpc) is 2.15. The van der Waals surface area contributed by atoms with E-state index < -0.39 is 0 Å². The van der Waals surface area contributed by atoms with Gasteiger partial charge in [0.2, 0.25) is 0 Å². The molecule has 2 nitrogen and oxygen atoms in total. The van der Waals surface area contributed by atoms with E-state index in [0.717, 1.165) is 24.1 Å². The zero-order valence-electron chi connectivity index (χ0n) is 8.56. The number of unbranched alkanes of at least 4 members (excludes halogenated alkanes) is 1. The van der Waals surface area contributed by atoms with Crippen molar-refractivity contribution in [2.75, 3.05) is 0 Å². The average molecular weight is 178 g/mol. The lowest BCUT2D eigenvalue weighted by atomic mass is 9.96. The smallest absolute Gasteiger partial charge is 0.0965 e. The highest BCUT2D eigenvalue weighted by atomic mass is 14.9. The lowest BCUT2D eigenvalue weighted by molar-refractivity contribution is 0.453. The fourth-order valence-corrected chi connectivity index (χ4v) is 1.78. The first-order chi connectivity index (χ1) is 6.27. The predicted molar refractivity (Wildman–Crippen MR) is 54.0 cm³/mol. The minimum atomic E-state index is 0.608. The van der Waals surface area contributed by atoms with Gasteiger partial charge >= 0.3 is 0 Å². The van der Waals surface area contributed by atoms with Crippen LogP contribution in [0, 0.1) is 11.3 Å². The van der Waals surface area contributed by atoms with Crippen molar-refractivity contribution in [3.8, 4) is 6.07 Å². The zero-order chi connectivity index (χ0) is 9.68. The van der Waals surface area contributed by atoms with Crippen LogP contribution < -0.4 is 5.32 Å². The molecule has 0 unspecified atom stereocenters. The summed E-state index contributed by atoms with van der Waals surface area (Å²) in [7, 11) is 0. The highest BCUT2D eigenvalue weighted by Gasteiger charge is 2.16. The summed E-state index contributed by atoms with van der Waals surface area (Å²) < 4.78 is 0. The van der Waals surface area contributed by atoms with Gasteiger partial charge in [-0.25, -0.2) is 0 Å². The Labute approximate surface area is 80.6 Å². The molecular formula is C11H18N2. The molecule has 72 valence electrons. The van der Waals surface area contributed by atoms with Gasteiger partial charge in [0.25, 0.3) is 0 Å². The first-order valence-corrected chi connectivity index (χ1v) is 5.14. The summed E-state index contributed by atoms with van der Waals surface area (Å²) in [6, 6.07) is 2.86. The lowest BCUT2D eigenvalue weighted by Gasteiger charge is -2.25. The van der Waals surface area contributed by atoms with Gasteiger partial charge in [-0.3, -0.25) is 0 Å². The van der Waals surface area contributed by atoms with Crippen molar-refractivity contribution >= 4 is 0 Å². The van der Waals surface area contributed by atoms with Crippen molar-refractivity contribution in [3.63, 3.8) is 0 Å². The summed E-state index contributed by atoms with van der Waals surface area (Å²) in [6.45, 7) is 4.23. The summed E-state index contributed by atoms with van der Waals surface area (Å²) in [4.78, 5) is 0. The monoisotopic (exact) mass is 178 g/mol. The molecule has 13 heavy (non-hydrogen) atoms. The Morgan fingerprint density at radius 3 is 2.92 bits per heavy atom. The molecule has 1 atom stereocenters. The van der Waals surface area contributed by atoms with Crippen molar-refractivity contribution in [2.45, 2.75) is 52.0 Å². The standard InChI is InChI=1S/C11H18N2/c1-3-4-5-11-7-6-10(8-12)9(2)13-11/h11,13H,3-7H2,1-2H3/t11-/m1/s1. The van der Waals surface area contributed by atoms with E-state index in [2.05, 4.69) is 18.3 Å². The molecule has 0 aromatic rings. The number of rotatable bonds is 3. The van der Waals surface area contributed by atoms with E-state index >= 15 is 0 Å². The Hall–Kier alpha value is -0.970. The second-order valence-corrected chi connectivity index (χ2v) is 3.74. The Bertz CT molecular complexity index is 235. The van der Waals surface area contributed by atoms with Crippen LogP contribution >= 0.6 is 0 Å². The third kappa shape index (κ3) is 2.77. The van der Waals surface area contributed by atoms with Gasteiger partial charge in [0, 0.05) is 17.3 Å². The fourth-order valence-electron chi connectivity index (χ4n) is 1.78. The Kier molecular flexibility index (Phi) is 3.82. The predicted octanol–water partition coefficient (Wildman–Crippen LogP) is 2.73. The van der Waals surface area contributed by atoms with E-state index in [4.69, 9.17) is 5.26 Å². The summed E-state index contributed by atoms with van der Waals surface area (Å²) in [6.07, 6.45) is 5.87. The maximum absolute atomic E-state index is 8.78. The topological polar surface area (TPSA) is 35.8 Å². The van der Waals surface area contributed by atoms with Crippen LogP contribution in [0.3, 0.4) is 0 Å². The minimum Gasteiger partial charge on any atom is -0.385 e. The number of nitrogens with one attached hydrogen (secondary N) is 1. The molecular weight excluding hydrogens is 160 g/mol. The molecule has 0 aromatic carbocycles. The molecule has 2 heteroatoms. The van der Waals surface area contributed by atoms with E-state index in [1.165, 1.54) is 19.3 Å². The van der Waals surface area contributed by atoms with Gasteiger partial charge in [0.15, 0.2) is 0 Å². The van der Waals surface area contributed by atoms with Crippen LogP contribution in [0.4, 0.5) is 0 Å². The highest BCUT2D eigenvalue weighted by Crippen LogP contribution is 2.20. The maximum Gasteiger partial charge on any atom is 0.0965 e. The van der Waals surface area contributed by atoms with Crippen LogP contribution in [-0.4, -0.2) is 6.04 Å². The molecule has 0 spiro atoms. The van der Waals surface area contributed by atoms with Crippen LogP contribution in [0.15, 0.2) is 11.3 Å². The Morgan fingerprint density at radius 2 is 2.38 bits per heavy atom.